The first-order valence-corrected chi connectivity index (χ1v) is 3.41. The molecule has 0 atom stereocenters. The molecule has 0 saturated carbocycles. The second-order valence-electron chi connectivity index (χ2n) is 2.02. The number of nitrogens with zero attached hydrogens (tertiary/aromatic N) is 3. The molecule has 0 radical (unpaired) electrons. The second-order valence-corrected chi connectivity index (χ2v) is 2.02. The SMILES string of the molecule is COc1ccc([N+]#N)cc1.O=[N+]([O-])[O-]. The summed E-state index contributed by atoms with van der Waals surface area (Å²) < 4.78 is 4.89. The first-order valence-electron chi connectivity index (χ1n) is 3.41. The number of hydrogen-bond donors (Lipinski definition) is 0. The third-order valence-electron chi connectivity index (χ3n) is 1.19. The summed E-state index contributed by atoms with van der Waals surface area (Å²) in [6.07, 6.45) is 0. The molecule has 0 saturated heterocycles. The molecule has 74 valence electrons. The van der Waals surface area contributed by atoms with Crippen LogP contribution in [-0.4, -0.2) is 12.2 Å². The average molecular weight is 197 g/mol. The van der Waals surface area contributed by atoms with Gasteiger partial charge in [-0.15, -0.1) is 0 Å². The molecule has 0 unspecified atom stereocenters. The molecule has 1 aromatic rings. The molecular weight excluding hydrogens is 190 g/mol. The van der Waals surface area contributed by atoms with E-state index in [1.165, 1.54) is 0 Å². The fourth-order valence-electron chi connectivity index (χ4n) is 0.649. The van der Waals surface area contributed by atoms with E-state index in [1.807, 2.05) is 0 Å². The van der Waals surface area contributed by atoms with Crippen molar-refractivity contribution in [2.45, 2.75) is 0 Å². The van der Waals surface area contributed by atoms with Crippen LogP contribution in [0.2, 0.25) is 0 Å². The van der Waals surface area contributed by atoms with Crippen LogP contribution < -0.4 is 4.74 Å². The minimum atomic E-state index is -1.75. The number of benzene rings is 1. The van der Waals surface area contributed by atoms with E-state index in [-0.39, 0.29) is 0 Å². The lowest BCUT2D eigenvalue weighted by Gasteiger charge is -1.93. The topological polar surface area (TPSA) is 104 Å². The Hall–Kier alpha value is -2.36. The molecule has 0 N–H and O–H groups in total. The van der Waals surface area contributed by atoms with Crippen molar-refractivity contribution in [3.63, 3.8) is 0 Å². The van der Waals surface area contributed by atoms with Crippen molar-refractivity contribution in [1.82, 2.24) is 0 Å². The van der Waals surface area contributed by atoms with Crippen molar-refractivity contribution >= 4 is 5.69 Å². The molecule has 1 rings (SSSR count). The second kappa shape index (κ2) is 6.19. The number of methoxy groups -OCH3 is 1. The van der Waals surface area contributed by atoms with E-state index in [2.05, 4.69) is 4.98 Å². The van der Waals surface area contributed by atoms with Gasteiger partial charge >= 0.3 is 5.69 Å². The molecule has 14 heavy (non-hydrogen) atoms. The van der Waals surface area contributed by atoms with Gasteiger partial charge in [0.2, 0.25) is 5.39 Å². The van der Waals surface area contributed by atoms with E-state index < -0.39 is 5.09 Å². The van der Waals surface area contributed by atoms with E-state index >= 15 is 0 Å². The zero-order chi connectivity index (χ0) is 11.0. The molecule has 0 aliphatic rings. The van der Waals surface area contributed by atoms with E-state index in [9.17, 15) is 0 Å². The van der Waals surface area contributed by atoms with Crippen molar-refractivity contribution in [2.24, 2.45) is 0 Å². The summed E-state index contributed by atoms with van der Waals surface area (Å²) in [5, 5.41) is 23.0. The maximum absolute atomic E-state index is 8.29. The summed E-state index contributed by atoms with van der Waals surface area (Å²) in [4.78, 5) is 11.2. The highest BCUT2D eigenvalue weighted by atomic mass is 16.9. The Kier molecular flexibility index (Phi) is 5.15. The van der Waals surface area contributed by atoms with Gasteiger partial charge in [-0.3, -0.25) is 0 Å². The molecule has 0 aliphatic heterocycles. The lowest BCUT2D eigenvalue weighted by atomic mass is 10.3. The third-order valence-corrected chi connectivity index (χ3v) is 1.19. The zero-order valence-corrected chi connectivity index (χ0v) is 7.28. The van der Waals surface area contributed by atoms with Gasteiger partial charge < -0.3 is 20.1 Å². The van der Waals surface area contributed by atoms with E-state index in [1.54, 1.807) is 31.4 Å². The van der Waals surface area contributed by atoms with Gasteiger partial charge in [0, 0.05) is 12.1 Å². The van der Waals surface area contributed by atoms with Gasteiger partial charge in [0.25, 0.3) is 0 Å². The predicted molar refractivity (Wildman–Crippen MR) is 48.1 cm³/mol. The molecule has 0 heterocycles. The Balaban J connectivity index is 0.000000364. The zero-order valence-electron chi connectivity index (χ0n) is 7.28. The van der Waals surface area contributed by atoms with Gasteiger partial charge in [-0.25, -0.2) is 0 Å². The molecule has 0 bridgehead atoms. The molecule has 1 aromatic carbocycles. The Bertz CT molecular complexity index is 326. The van der Waals surface area contributed by atoms with Crippen molar-refractivity contribution in [2.75, 3.05) is 7.11 Å². The van der Waals surface area contributed by atoms with Gasteiger partial charge in [-0.2, -0.15) is 0 Å². The summed E-state index contributed by atoms with van der Waals surface area (Å²) in [6, 6.07) is 6.79. The molecule has 7 heteroatoms. The van der Waals surface area contributed by atoms with Crippen molar-refractivity contribution in [3.05, 3.63) is 44.6 Å². The highest BCUT2D eigenvalue weighted by Gasteiger charge is 2.01. The Morgan fingerprint density at radius 2 is 1.79 bits per heavy atom. The van der Waals surface area contributed by atoms with Crippen LogP contribution >= 0.6 is 0 Å². The van der Waals surface area contributed by atoms with Crippen molar-refractivity contribution in [1.29, 1.82) is 5.39 Å². The minimum Gasteiger partial charge on any atom is -0.497 e. The maximum atomic E-state index is 8.29. The van der Waals surface area contributed by atoms with Crippen LogP contribution in [0.25, 0.3) is 4.98 Å². The van der Waals surface area contributed by atoms with Gasteiger partial charge in [-0.1, -0.05) is 0 Å². The van der Waals surface area contributed by atoms with Crippen LogP contribution in [-0.2, 0) is 0 Å². The van der Waals surface area contributed by atoms with Crippen LogP contribution in [0, 0.1) is 20.7 Å². The standard InChI is InChI=1S/C7H7N2O.NO3/c1-10-7-4-2-6(9-8)3-5-7;2-1(3)4/h2-5H,1H3;/q+1;-1. The Morgan fingerprint density at radius 3 is 2.07 bits per heavy atom. The summed E-state index contributed by atoms with van der Waals surface area (Å²) in [7, 11) is 1.59. The number of diazo groups is 1. The van der Waals surface area contributed by atoms with E-state index in [0.29, 0.717) is 5.69 Å². The number of ether oxygens (including phenoxy) is 1. The molecule has 7 nitrogen and oxygen atoms in total. The molecule has 0 amide bonds. The summed E-state index contributed by atoms with van der Waals surface area (Å²) in [5.74, 6) is 0.757. The van der Waals surface area contributed by atoms with Gasteiger partial charge in [0.15, 0.2) is 4.98 Å². The molecule has 0 aromatic heterocycles. The normalized spacial score (nSPS) is 7.71. The predicted octanol–water partition coefficient (Wildman–Crippen LogP) is 1.94. The monoisotopic (exact) mass is 197 g/mol. The quantitative estimate of drug-likeness (QED) is 0.388. The molecule has 0 fully saturated rings. The van der Waals surface area contributed by atoms with Crippen LogP contribution in [0.3, 0.4) is 0 Å². The van der Waals surface area contributed by atoms with Crippen LogP contribution in [0.5, 0.6) is 5.75 Å². The highest BCUT2D eigenvalue weighted by Crippen LogP contribution is 2.16. The summed E-state index contributed by atoms with van der Waals surface area (Å²) in [6.45, 7) is 0. The van der Waals surface area contributed by atoms with Gasteiger partial charge in [0.1, 0.15) is 5.75 Å². The van der Waals surface area contributed by atoms with Gasteiger partial charge in [-0.05, 0) is 12.1 Å². The number of rotatable bonds is 1. The first kappa shape index (κ1) is 11.6. The third kappa shape index (κ3) is 5.31. The molecule has 0 aliphatic carbocycles. The maximum Gasteiger partial charge on any atom is 0.385 e. The van der Waals surface area contributed by atoms with E-state index in [4.69, 9.17) is 25.5 Å². The Morgan fingerprint density at radius 1 is 1.36 bits per heavy atom. The van der Waals surface area contributed by atoms with Crippen LogP contribution in [0.15, 0.2) is 24.3 Å². The van der Waals surface area contributed by atoms with Crippen LogP contribution in [0.1, 0.15) is 0 Å². The highest BCUT2D eigenvalue weighted by molar-refractivity contribution is 5.46. The average Bonchev–Trinajstić information content (AvgIpc) is 2.17. The van der Waals surface area contributed by atoms with Gasteiger partial charge in [0.05, 0.1) is 12.2 Å². The molecule has 0 spiro atoms. The smallest absolute Gasteiger partial charge is 0.385 e. The fourth-order valence-corrected chi connectivity index (χ4v) is 0.649. The largest absolute Gasteiger partial charge is 0.497 e. The van der Waals surface area contributed by atoms with Crippen molar-refractivity contribution in [3.8, 4) is 5.75 Å². The molecular formula is C7H7N3O4. The van der Waals surface area contributed by atoms with Crippen LogP contribution in [0.4, 0.5) is 5.69 Å². The van der Waals surface area contributed by atoms with Crippen molar-refractivity contribution < 1.29 is 9.82 Å². The summed E-state index contributed by atoms with van der Waals surface area (Å²) in [5.41, 5.74) is 0.529. The van der Waals surface area contributed by atoms with E-state index in [0.717, 1.165) is 5.75 Å². The lowest BCUT2D eigenvalue weighted by molar-refractivity contribution is -0.402. The minimum absolute atomic E-state index is 0.529. The fraction of sp³-hybridized carbons (Fsp3) is 0.143. The lowest BCUT2D eigenvalue weighted by Crippen LogP contribution is -1.79. The Labute approximate surface area is 79.3 Å². The first-order chi connectivity index (χ1) is 6.60. The number of hydrogen-bond acceptors (Lipinski definition) is 5. The summed E-state index contributed by atoms with van der Waals surface area (Å²) >= 11 is 0.